The number of rotatable bonds is 12. The van der Waals surface area contributed by atoms with Gasteiger partial charge in [-0.25, -0.2) is 0 Å². The largest absolute Gasteiger partial charge is 0.505 e. The van der Waals surface area contributed by atoms with Crippen molar-refractivity contribution in [1.29, 1.82) is 0 Å². The Labute approximate surface area is 361 Å². The molecule has 6 rings (SSSR count). The van der Waals surface area contributed by atoms with Gasteiger partial charge in [-0.1, -0.05) is 35.9 Å². The molecule has 0 aliphatic carbocycles. The number of phenolic OH excluding ortho intramolecular Hbond substituents is 1. The van der Waals surface area contributed by atoms with E-state index in [1.165, 1.54) is 6.07 Å². The molecule has 0 fully saturated rings. The van der Waals surface area contributed by atoms with Crippen molar-refractivity contribution in [3.63, 3.8) is 0 Å². The molecule has 0 radical (unpaired) electrons. The summed E-state index contributed by atoms with van der Waals surface area (Å²) < 4.78 is 170. The predicted octanol–water partition coefficient (Wildman–Crippen LogP) is 5.89. The number of benzene rings is 6. The van der Waals surface area contributed by atoms with Gasteiger partial charge in [-0.05, 0) is 48.9 Å². The number of hydrogen-bond donors (Lipinski definition) is 6. The summed E-state index contributed by atoms with van der Waals surface area (Å²) in [6, 6.07) is 15.7. The fourth-order valence-corrected chi connectivity index (χ4v) is 8.46. The van der Waals surface area contributed by atoms with E-state index in [0.717, 1.165) is 48.0 Å². The van der Waals surface area contributed by atoms with E-state index in [0.29, 0.717) is 17.7 Å². The van der Waals surface area contributed by atoms with Gasteiger partial charge in [0, 0.05) is 34.4 Å². The highest BCUT2D eigenvalue weighted by molar-refractivity contribution is 7.87. The maximum Gasteiger partial charge on any atom is 0.425 e. The summed E-state index contributed by atoms with van der Waals surface area (Å²) in [7, 11) is -23.8. The minimum atomic E-state index is -5.35. The number of phenols is 1. The van der Waals surface area contributed by atoms with E-state index in [-0.39, 0.29) is 17.7 Å². The first-order valence-electron chi connectivity index (χ1n) is 16.7. The fourth-order valence-electron chi connectivity index (χ4n) is 5.76. The monoisotopic (exact) mass is 982 g/mol. The Morgan fingerprint density at radius 2 is 1.17 bits per heavy atom. The molecule has 0 heterocycles. The SMILES string of the molecule is Cc1ccc(COc2cc(S(=O)(=O)O)cc3c(S(=O)(=O)O)c(N=Nc4cc(S(=O)(=O)O)c5ccc(N=Nc6ccc([N+](=O)[O-])cc6S(=O)(=O)O)c(O)c5c4N)ccc23)cc1.O=S(=O)=O. The van der Waals surface area contributed by atoms with Crippen molar-refractivity contribution in [2.45, 2.75) is 33.1 Å². The van der Waals surface area contributed by atoms with Gasteiger partial charge in [0.1, 0.15) is 49.8 Å². The first-order valence-corrected chi connectivity index (χ1v) is 23.5. The Kier molecular flexibility index (Phi) is 13.6. The van der Waals surface area contributed by atoms with Gasteiger partial charge in [0.25, 0.3) is 46.2 Å². The second kappa shape index (κ2) is 18.1. The smallest absolute Gasteiger partial charge is 0.425 e. The predicted molar refractivity (Wildman–Crippen MR) is 220 cm³/mol. The molecule has 6 aromatic carbocycles. The van der Waals surface area contributed by atoms with Crippen LogP contribution in [0.15, 0.2) is 125 Å². The van der Waals surface area contributed by atoms with Gasteiger partial charge < -0.3 is 15.6 Å². The van der Waals surface area contributed by atoms with Gasteiger partial charge in [-0.2, -0.15) is 33.7 Å². The minimum Gasteiger partial charge on any atom is -0.505 e. The molecule has 0 aliphatic rings. The zero-order valence-electron chi connectivity index (χ0n) is 31.6. The third-order valence-corrected chi connectivity index (χ3v) is 12.1. The molecule has 0 bridgehead atoms. The van der Waals surface area contributed by atoms with Gasteiger partial charge in [0.2, 0.25) is 0 Å². The van der Waals surface area contributed by atoms with Crippen molar-refractivity contribution < 1.29 is 79.3 Å². The van der Waals surface area contributed by atoms with E-state index >= 15 is 0 Å². The average molecular weight is 983 g/mol. The summed E-state index contributed by atoms with van der Waals surface area (Å²) in [5.74, 6) is -1.19. The summed E-state index contributed by atoms with van der Waals surface area (Å²) >= 11 is 0. The van der Waals surface area contributed by atoms with Crippen LogP contribution in [0, 0.1) is 17.0 Å². The number of nitrogen functional groups attached to an aromatic ring is 1. The molecule has 0 saturated heterocycles. The maximum atomic E-state index is 12.9. The molecular formula is C34H26N6O19S5. The number of nitrogens with two attached hydrogens (primary N) is 1. The summed E-state index contributed by atoms with van der Waals surface area (Å²) in [6.07, 6.45) is 0. The third kappa shape index (κ3) is 11.0. The van der Waals surface area contributed by atoms with Gasteiger partial charge in [-0.15, -0.1) is 33.1 Å². The Morgan fingerprint density at radius 3 is 1.73 bits per heavy atom. The van der Waals surface area contributed by atoms with Gasteiger partial charge in [-0.3, -0.25) is 28.3 Å². The number of fused-ring (bicyclic) bond motifs is 2. The normalized spacial score (nSPS) is 12.4. The summed E-state index contributed by atoms with van der Waals surface area (Å²) in [5.41, 5.74) is 4.00. The van der Waals surface area contributed by atoms with Crippen LogP contribution in [0.4, 0.5) is 34.1 Å². The fraction of sp³-hybridized carbons (Fsp3) is 0.0588. The van der Waals surface area contributed by atoms with Crippen LogP contribution in [0.25, 0.3) is 21.5 Å². The number of nitro benzene ring substituents is 1. The van der Waals surface area contributed by atoms with Crippen LogP contribution in [0.3, 0.4) is 0 Å². The molecule has 0 amide bonds. The lowest BCUT2D eigenvalue weighted by Crippen LogP contribution is -2.05. The number of anilines is 1. The molecule has 336 valence electrons. The topological polar surface area (TPSA) is 417 Å². The quantitative estimate of drug-likeness (QED) is 0.0273. The van der Waals surface area contributed by atoms with Crippen LogP contribution in [-0.2, 0) is 57.7 Å². The lowest BCUT2D eigenvalue weighted by Gasteiger charge is -2.14. The number of azo groups is 2. The van der Waals surface area contributed by atoms with Crippen LogP contribution in [0.1, 0.15) is 11.1 Å². The highest BCUT2D eigenvalue weighted by atomic mass is 32.2. The standard InChI is InChI=1S/C34H26N6O16S4.O3S/c1-17-2-4-18(5-3-17)16-56-28-14-20(57(44,45)46)13-23-21(28)7-11-26(34(23)60(53,54)55)38-39-27-15-29(58(47,48)49)22-8-10-25(33(41)31(22)32(27)35)37-36-24-9-6-19(40(42)43)12-30(24)59(50,51)52;1-4(2)3/h2-15,41H,16,35H2,1H3,(H,44,45,46)(H,47,48,49)(H,50,51,52)(H,53,54,55);. The van der Waals surface area contributed by atoms with E-state index in [9.17, 15) is 67.1 Å². The number of nitro groups is 1. The number of nitrogens with zero attached hydrogens (tertiary/aromatic N) is 5. The van der Waals surface area contributed by atoms with Crippen molar-refractivity contribution in [3.8, 4) is 11.5 Å². The van der Waals surface area contributed by atoms with Crippen LogP contribution >= 0.6 is 0 Å². The van der Waals surface area contributed by atoms with Crippen LogP contribution in [-0.4, -0.2) is 74.5 Å². The molecule has 0 saturated carbocycles. The number of aromatic hydroxyl groups is 1. The first kappa shape index (κ1) is 48.1. The lowest BCUT2D eigenvalue weighted by atomic mass is 10.1. The van der Waals surface area contributed by atoms with Crippen molar-refractivity contribution >= 4 is 107 Å². The number of non-ortho nitro benzene ring substituents is 1. The third-order valence-electron chi connectivity index (χ3n) is 8.55. The van der Waals surface area contributed by atoms with Gasteiger partial charge in [0.05, 0.1) is 20.9 Å². The molecule has 0 unspecified atom stereocenters. The summed E-state index contributed by atoms with van der Waals surface area (Å²) in [5, 5.41) is 35.8. The van der Waals surface area contributed by atoms with Crippen molar-refractivity contribution in [2.75, 3.05) is 5.73 Å². The first-order chi connectivity index (χ1) is 29.6. The molecule has 0 spiro atoms. The Balaban J connectivity index is 0.00000185. The Morgan fingerprint density at radius 1 is 0.641 bits per heavy atom. The van der Waals surface area contributed by atoms with Crippen LogP contribution in [0.2, 0.25) is 0 Å². The average Bonchev–Trinajstić information content (AvgIpc) is 3.17. The zero-order chi connectivity index (χ0) is 47.7. The molecule has 0 atom stereocenters. The molecule has 25 nitrogen and oxygen atoms in total. The van der Waals surface area contributed by atoms with Crippen LogP contribution in [0.5, 0.6) is 11.5 Å². The van der Waals surface area contributed by atoms with Crippen molar-refractivity contribution in [1.82, 2.24) is 0 Å². The Hall–Kier alpha value is -6.90. The summed E-state index contributed by atoms with van der Waals surface area (Å²) in [4.78, 5) is 6.36. The molecule has 0 aromatic heterocycles. The number of ether oxygens (including phenoxy) is 1. The van der Waals surface area contributed by atoms with E-state index in [1.54, 1.807) is 24.3 Å². The van der Waals surface area contributed by atoms with E-state index < -0.39 is 132 Å². The van der Waals surface area contributed by atoms with Crippen LogP contribution < -0.4 is 10.5 Å². The van der Waals surface area contributed by atoms with E-state index in [1.807, 2.05) is 6.92 Å². The van der Waals surface area contributed by atoms with Crippen molar-refractivity contribution in [3.05, 3.63) is 106 Å². The molecular weight excluding hydrogens is 957 g/mol. The minimum absolute atomic E-state index is 0.0796. The maximum absolute atomic E-state index is 12.9. The molecule has 7 N–H and O–H groups in total. The van der Waals surface area contributed by atoms with E-state index in [2.05, 4.69) is 20.5 Å². The molecule has 0 aliphatic heterocycles. The number of hydrogen-bond acceptors (Lipinski definition) is 20. The second-order valence-corrected chi connectivity index (χ2v) is 18.7. The summed E-state index contributed by atoms with van der Waals surface area (Å²) in [6.45, 7) is 1.69. The lowest BCUT2D eigenvalue weighted by molar-refractivity contribution is -0.385. The zero-order valence-corrected chi connectivity index (χ0v) is 35.7. The highest BCUT2D eigenvalue weighted by Gasteiger charge is 2.27. The molecule has 64 heavy (non-hydrogen) atoms. The highest BCUT2D eigenvalue weighted by Crippen LogP contribution is 2.46. The number of aryl methyl sites for hydroxylation is 1. The second-order valence-electron chi connectivity index (χ2n) is 12.8. The van der Waals surface area contributed by atoms with E-state index in [4.69, 9.17) is 23.1 Å². The van der Waals surface area contributed by atoms with Gasteiger partial charge in [0.15, 0.2) is 5.75 Å². The Bertz CT molecular complexity index is 3560. The van der Waals surface area contributed by atoms with Gasteiger partial charge >= 0.3 is 10.6 Å². The van der Waals surface area contributed by atoms with Crippen molar-refractivity contribution in [2.24, 2.45) is 20.5 Å². The molecule has 6 aromatic rings. The molecule has 30 heteroatoms.